The highest BCUT2D eigenvalue weighted by Gasteiger charge is 2.30. The molecule has 4 nitrogen and oxygen atoms in total. The molecule has 1 aromatic rings. The summed E-state index contributed by atoms with van der Waals surface area (Å²) in [5.74, 6) is -0.678. The van der Waals surface area contributed by atoms with Crippen molar-refractivity contribution in [2.75, 3.05) is 18.6 Å². The zero-order valence-electron chi connectivity index (χ0n) is 11.1. The number of halogens is 2. The number of nitrogens with zero attached hydrogens (tertiary/aromatic N) is 1. The lowest BCUT2D eigenvalue weighted by molar-refractivity contribution is 0.232. The van der Waals surface area contributed by atoms with Gasteiger partial charge in [0.05, 0.1) is 23.8 Å². The molecule has 0 N–H and O–H groups in total. The van der Waals surface area contributed by atoms with Gasteiger partial charge in [0.15, 0.2) is 9.84 Å². The molecule has 1 aromatic heterocycles. The summed E-state index contributed by atoms with van der Waals surface area (Å²) in [6, 6.07) is 3.44. The van der Waals surface area contributed by atoms with Gasteiger partial charge in [0, 0.05) is 6.04 Å². The fourth-order valence-corrected chi connectivity index (χ4v) is 4.48. The smallest absolute Gasteiger partial charge is 0.284 e. The standard InChI is InChI=1S/C12H17F2NO3S2/c1-15(9-4-5-20(16,17)8-9)6-10-2-3-11(18-10)7-19-12(13)14/h2-3,9,12H,4-8H2,1H3/t9-/m1/s1. The average Bonchev–Trinajstić information content (AvgIpc) is 2.93. The van der Waals surface area contributed by atoms with E-state index in [0.29, 0.717) is 36.2 Å². The third-order valence-electron chi connectivity index (χ3n) is 3.31. The van der Waals surface area contributed by atoms with Crippen LogP contribution in [-0.2, 0) is 22.1 Å². The van der Waals surface area contributed by atoms with Crippen LogP contribution in [0.2, 0.25) is 0 Å². The molecule has 0 aromatic carbocycles. The van der Waals surface area contributed by atoms with Crippen LogP contribution in [0.1, 0.15) is 17.9 Å². The minimum Gasteiger partial charge on any atom is -0.464 e. The van der Waals surface area contributed by atoms with Gasteiger partial charge in [-0.3, -0.25) is 4.90 Å². The summed E-state index contributed by atoms with van der Waals surface area (Å²) in [7, 11) is -1.06. The molecule has 8 heteroatoms. The number of hydrogen-bond acceptors (Lipinski definition) is 5. The van der Waals surface area contributed by atoms with Crippen LogP contribution in [0, 0.1) is 0 Å². The van der Waals surface area contributed by atoms with Crippen molar-refractivity contribution in [3.8, 4) is 0 Å². The van der Waals surface area contributed by atoms with Gasteiger partial charge in [-0.25, -0.2) is 8.42 Å². The molecule has 0 radical (unpaired) electrons. The first-order valence-electron chi connectivity index (χ1n) is 6.24. The number of furan rings is 1. The van der Waals surface area contributed by atoms with Gasteiger partial charge < -0.3 is 4.42 Å². The van der Waals surface area contributed by atoms with Crippen LogP contribution in [0.4, 0.5) is 8.78 Å². The predicted molar refractivity (Wildman–Crippen MR) is 74.5 cm³/mol. The molecule has 1 saturated heterocycles. The minimum atomic E-state index is -2.90. The first-order chi connectivity index (χ1) is 9.35. The Labute approximate surface area is 121 Å². The van der Waals surface area contributed by atoms with Gasteiger partial charge in [-0.2, -0.15) is 8.78 Å². The fourth-order valence-electron chi connectivity index (χ4n) is 2.23. The maximum atomic E-state index is 12.1. The van der Waals surface area contributed by atoms with Gasteiger partial charge in [-0.15, -0.1) is 0 Å². The SMILES string of the molecule is CN(Cc1ccc(CSC(F)F)o1)[C@@H]1CCS(=O)(=O)C1. The Morgan fingerprint density at radius 1 is 1.45 bits per heavy atom. The van der Waals surface area contributed by atoms with Gasteiger partial charge >= 0.3 is 0 Å². The van der Waals surface area contributed by atoms with Crippen molar-refractivity contribution in [2.45, 2.75) is 30.5 Å². The molecule has 20 heavy (non-hydrogen) atoms. The lowest BCUT2D eigenvalue weighted by atomic mass is 10.2. The van der Waals surface area contributed by atoms with Crippen LogP contribution >= 0.6 is 11.8 Å². The summed E-state index contributed by atoms with van der Waals surface area (Å²) in [6.45, 7) is 0.486. The first-order valence-corrected chi connectivity index (χ1v) is 9.11. The van der Waals surface area contributed by atoms with Gasteiger partial charge in [-0.1, -0.05) is 11.8 Å². The van der Waals surface area contributed by atoms with E-state index in [9.17, 15) is 17.2 Å². The molecule has 1 aliphatic heterocycles. The maximum absolute atomic E-state index is 12.1. The van der Waals surface area contributed by atoms with E-state index in [2.05, 4.69) is 0 Å². The molecule has 2 heterocycles. The molecule has 0 unspecified atom stereocenters. The van der Waals surface area contributed by atoms with E-state index in [1.165, 1.54) is 0 Å². The highest BCUT2D eigenvalue weighted by Crippen LogP contribution is 2.23. The molecule has 0 spiro atoms. The maximum Gasteiger partial charge on any atom is 0.284 e. The second-order valence-corrected chi connectivity index (χ2v) is 8.12. The number of sulfone groups is 1. The van der Waals surface area contributed by atoms with E-state index in [-0.39, 0.29) is 23.3 Å². The highest BCUT2D eigenvalue weighted by molar-refractivity contribution is 7.98. The largest absolute Gasteiger partial charge is 0.464 e. The molecule has 1 aliphatic rings. The fraction of sp³-hybridized carbons (Fsp3) is 0.667. The van der Waals surface area contributed by atoms with Gasteiger partial charge in [0.2, 0.25) is 0 Å². The lowest BCUT2D eigenvalue weighted by Crippen LogP contribution is -2.31. The molecule has 114 valence electrons. The summed E-state index contributed by atoms with van der Waals surface area (Å²) in [5.41, 5.74) is 0. The van der Waals surface area contributed by atoms with Crippen molar-refractivity contribution in [3.05, 3.63) is 23.7 Å². The summed E-state index contributed by atoms with van der Waals surface area (Å²) >= 11 is 0.522. The number of thioether (sulfide) groups is 1. The van der Waals surface area contributed by atoms with E-state index >= 15 is 0 Å². The summed E-state index contributed by atoms with van der Waals surface area (Å²) in [5, 5.41) is 0. The van der Waals surface area contributed by atoms with Crippen LogP contribution in [0.25, 0.3) is 0 Å². The Morgan fingerprint density at radius 3 is 2.75 bits per heavy atom. The van der Waals surface area contributed by atoms with Crippen molar-refractivity contribution >= 4 is 21.6 Å². The second kappa shape index (κ2) is 6.44. The van der Waals surface area contributed by atoms with Gasteiger partial charge in [0.1, 0.15) is 11.5 Å². The van der Waals surface area contributed by atoms with Crippen molar-refractivity contribution in [1.82, 2.24) is 4.90 Å². The first kappa shape index (κ1) is 15.8. The second-order valence-electron chi connectivity index (χ2n) is 4.91. The quantitative estimate of drug-likeness (QED) is 0.803. The van der Waals surface area contributed by atoms with Crippen molar-refractivity contribution in [3.63, 3.8) is 0 Å². The Kier molecular flexibility index (Phi) is 5.09. The van der Waals surface area contributed by atoms with Crippen LogP contribution in [0.15, 0.2) is 16.5 Å². The third kappa shape index (κ3) is 4.46. The lowest BCUT2D eigenvalue weighted by Gasteiger charge is -2.21. The summed E-state index contributed by atoms with van der Waals surface area (Å²) in [6.07, 6.45) is 0.633. The zero-order chi connectivity index (χ0) is 14.8. The number of rotatable bonds is 6. The Hall–Kier alpha value is -0.600. The van der Waals surface area contributed by atoms with Crippen LogP contribution in [0.3, 0.4) is 0 Å². The van der Waals surface area contributed by atoms with Crippen molar-refractivity contribution < 1.29 is 21.6 Å². The van der Waals surface area contributed by atoms with E-state index in [4.69, 9.17) is 4.42 Å². The molecule has 0 amide bonds. The van der Waals surface area contributed by atoms with Crippen LogP contribution in [-0.4, -0.2) is 43.7 Å². The number of alkyl halides is 2. The van der Waals surface area contributed by atoms with E-state index in [1.54, 1.807) is 12.1 Å². The van der Waals surface area contributed by atoms with Crippen LogP contribution in [0.5, 0.6) is 0 Å². The topological polar surface area (TPSA) is 50.5 Å². The number of hydrogen-bond donors (Lipinski definition) is 0. The van der Waals surface area contributed by atoms with E-state index in [1.807, 2.05) is 11.9 Å². The van der Waals surface area contributed by atoms with Crippen LogP contribution < -0.4 is 0 Å². The highest BCUT2D eigenvalue weighted by atomic mass is 32.2. The van der Waals surface area contributed by atoms with E-state index in [0.717, 1.165) is 0 Å². The minimum absolute atomic E-state index is 0.00369. The monoisotopic (exact) mass is 325 g/mol. The summed E-state index contributed by atoms with van der Waals surface area (Å²) in [4.78, 5) is 1.94. The molecule has 1 fully saturated rings. The molecule has 2 rings (SSSR count). The molecule has 0 saturated carbocycles. The van der Waals surface area contributed by atoms with E-state index < -0.39 is 15.6 Å². The summed E-state index contributed by atoms with van der Waals surface area (Å²) < 4.78 is 52.5. The molecular formula is C12H17F2NO3S2. The normalized spacial score (nSPS) is 21.9. The van der Waals surface area contributed by atoms with Crippen molar-refractivity contribution in [2.24, 2.45) is 0 Å². The van der Waals surface area contributed by atoms with Gasteiger partial charge in [-0.05, 0) is 25.6 Å². The Morgan fingerprint density at radius 2 is 2.15 bits per heavy atom. The van der Waals surface area contributed by atoms with Crippen molar-refractivity contribution in [1.29, 1.82) is 0 Å². The third-order valence-corrected chi connectivity index (χ3v) is 5.76. The molecule has 0 aliphatic carbocycles. The molecule has 1 atom stereocenters. The Bertz CT molecular complexity index is 545. The zero-order valence-corrected chi connectivity index (χ0v) is 12.7. The molecule has 0 bridgehead atoms. The predicted octanol–water partition coefficient (Wildman–Crippen LogP) is 2.35. The van der Waals surface area contributed by atoms with Gasteiger partial charge in [0.25, 0.3) is 5.76 Å². The molecular weight excluding hydrogens is 308 g/mol. The average molecular weight is 325 g/mol. The Balaban J connectivity index is 1.87.